The van der Waals surface area contributed by atoms with E-state index in [-0.39, 0.29) is 0 Å². The first-order valence-electron chi connectivity index (χ1n) is 9.15. The van der Waals surface area contributed by atoms with Gasteiger partial charge >= 0.3 is 0 Å². The molecule has 3 heteroatoms. The van der Waals surface area contributed by atoms with Crippen LogP contribution in [0.5, 0.6) is 0 Å². The lowest BCUT2D eigenvalue weighted by Crippen LogP contribution is -2.16. The fourth-order valence-electron chi connectivity index (χ4n) is 3.89. The van der Waals surface area contributed by atoms with E-state index in [1.54, 1.807) is 6.08 Å². The summed E-state index contributed by atoms with van der Waals surface area (Å²) in [4.78, 5) is 0. The molecule has 0 N–H and O–H groups in total. The Kier molecular flexibility index (Phi) is 3.70. The maximum absolute atomic E-state index is 6.47. The highest BCUT2D eigenvalue weighted by Gasteiger charge is 2.27. The predicted molar refractivity (Wildman–Crippen MR) is 115 cm³/mol. The highest BCUT2D eigenvalue weighted by atomic mass is 35.5. The fraction of sp³-hybridized carbons (Fsp3) is 0.125. The van der Waals surface area contributed by atoms with Gasteiger partial charge in [-0.3, -0.25) is 0 Å². The molecule has 2 heterocycles. The Morgan fingerprint density at radius 1 is 1.22 bits per heavy atom. The number of benzene rings is 2. The molecule has 0 bridgehead atoms. The standard InChI is InChI=1S/C24H19ClN2/c1-3-16-6-7-18(13-23(16)25)24-20(9-8-17-12-21(17)24)22-14-27-19(11-15(22)2)5-4-10-26-27/h3,5-11,13-14H,1,4,12H2,2H3. The minimum absolute atomic E-state index is 0.738. The average Bonchev–Trinajstić information content (AvgIpc) is 3.46. The molecule has 3 aliphatic rings. The van der Waals surface area contributed by atoms with Crippen molar-refractivity contribution in [2.45, 2.75) is 19.8 Å². The monoisotopic (exact) mass is 370 g/mol. The van der Waals surface area contributed by atoms with Crippen molar-refractivity contribution in [1.82, 2.24) is 5.01 Å². The highest BCUT2D eigenvalue weighted by molar-refractivity contribution is 6.32. The molecule has 1 aliphatic carbocycles. The highest BCUT2D eigenvalue weighted by Crippen LogP contribution is 2.45. The van der Waals surface area contributed by atoms with Gasteiger partial charge in [-0.2, -0.15) is 5.10 Å². The van der Waals surface area contributed by atoms with Crippen LogP contribution in [0, 0.1) is 0 Å². The molecule has 0 fully saturated rings. The summed E-state index contributed by atoms with van der Waals surface area (Å²) in [5.74, 6) is 0. The quantitative estimate of drug-likeness (QED) is 0.518. The Morgan fingerprint density at radius 3 is 2.93 bits per heavy atom. The second kappa shape index (κ2) is 6.11. The first-order valence-corrected chi connectivity index (χ1v) is 9.53. The summed E-state index contributed by atoms with van der Waals surface area (Å²) in [7, 11) is 0. The van der Waals surface area contributed by atoms with Crippen molar-refractivity contribution in [1.29, 1.82) is 0 Å². The zero-order chi connectivity index (χ0) is 18.5. The number of hydrogen-bond acceptors (Lipinski definition) is 2. The number of hydrogen-bond donors (Lipinski definition) is 0. The van der Waals surface area contributed by atoms with Crippen LogP contribution in [0.1, 0.15) is 35.6 Å². The summed E-state index contributed by atoms with van der Waals surface area (Å²) in [6.07, 6.45) is 12.2. The van der Waals surface area contributed by atoms with E-state index in [0.717, 1.165) is 34.7 Å². The molecule has 0 aromatic heterocycles. The van der Waals surface area contributed by atoms with Crippen molar-refractivity contribution in [2.24, 2.45) is 5.10 Å². The van der Waals surface area contributed by atoms with Crippen molar-refractivity contribution in [3.8, 4) is 11.1 Å². The third-order valence-electron chi connectivity index (χ3n) is 5.39. The topological polar surface area (TPSA) is 15.6 Å². The molecule has 0 atom stereocenters. The lowest BCUT2D eigenvalue weighted by atomic mass is 9.89. The van der Waals surface area contributed by atoms with Crippen molar-refractivity contribution in [2.75, 3.05) is 0 Å². The number of halogens is 1. The van der Waals surface area contributed by atoms with Gasteiger partial charge in [-0.05, 0) is 64.4 Å². The molecule has 0 saturated carbocycles. The third kappa shape index (κ3) is 2.68. The maximum atomic E-state index is 6.47. The van der Waals surface area contributed by atoms with Gasteiger partial charge in [0.05, 0.1) is 5.70 Å². The molecule has 2 aromatic rings. The molecule has 5 rings (SSSR count). The first kappa shape index (κ1) is 16.3. The maximum Gasteiger partial charge on any atom is 0.0612 e. The van der Waals surface area contributed by atoms with Gasteiger partial charge in [0.15, 0.2) is 0 Å². The molecule has 0 radical (unpaired) electrons. The van der Waals surface area contributed by atoms with E-state index in [4.69, 9.17) is 11.6 Å². The van der Waals surface area contributed by atoms with Crippen LogP contribution in [-0.4, -0.2) is 11.2 Å². The lowest BCUT2D eigenvalue weighted by Gasteiger charge is -2.27. The Morgan fingerprint density at radius 2 is 2.11 bits per heavy atom. The SMILES string of the molecule is C=Cc1ccc(-c2c(C3=CN4N=CCC=C4C=C3C)ccc3c2C3)cc1Cl. The van der Waals surface area contributed by atoms with E-state index in [9.17, 15) is 0 Å². The van der Waals surface area contributed by atoms with Crippen LogP contribution in [0.3, 0.4) is 0 Å². The number of fused-ring (bicyclic) bond motifs is 2. The summed E-state index contributed by atoms with van der Waals surface area (Å²) in [6, 6.07) is 10.7. The zero-order valence-corrected chi connectivity index (χ0v) is 15.9. The lowest BCUT2D eigenvalue weighted by molar-refractivity contribution is 0.504. The summed E-state index contributed by atoms with van der Waals surface area (Å²) in [5.41, 5.74) is 11.1. The summed E-state index contributed by atoms with van der Waals surface area (Å²) >= 11 is 6.47. The van der Waals surface area contributed by atoms with Crippen molar-refractivity contribution in [3.05, 3.63) is 93.8 Å². The second-order valence-corrected chi connectivity index (χ2v) is 7.53. The fourth-order valence-corrected chi connectivity index (χ4v) is 4.15. The number of hydrazone groups is 1. The van der Waals surface area contributed by atoms with E-state index in [2.05, 4.69) is 61.2 Å². The van der Waals surface area contributed by atoms with Crippen LogP contribution in [0.4, 0.5) is 0 Å². The van der Waals surface area contributed by atoms with Crippen LogP contribution in [0.15, 0.2) is 71.6 Å². The predicted octanol–water partition coefficient (Wildman–Crippen LogP) is 6.43. The molecule has 0 amide bonds. The van der Waals surface area contributed by atoms with Crippen molar-refractivity contribution < 1.29 is 0 Å². The second-order valence-electron chi connectivity index (χ2n) is 7.12. The van der Waals surface area contributed by atoms with Crippen molar-refractivity contribution in [3.63, 3.8) is 0 Å². The largest absolute Gasteiger partial charge is 0.241 e. The molecular weight excluding hydrogens is 352 g/mol. The zero-order valence-electron chi connectivity index (χ0n) is 15.2. The van der Waals surface area contributed by atoms with Crippen LogP contribution in [0.2, 0.25) is 5.02 Å². The van der Waals surface area contributed by atoms with E-state index in [1.165, 1.54) is 33.4 Å². The van der Waals surface area contributed by atoms with Gasteiger partial charge in [0.25, 0.3) is 0 Å². The Bertz CT molecular complexity index is 1120. The molecule has 0 spiro atoms. The Labute approximate surface area is 164 Å². The Hall–Kier alpha value is -2.84. The molecule has 27 heavy (non-hydrogen) atoms. The van der Waals surface area contributed by atoms with E-state index >= 15 is 0 Å². The first-order chi connectivity index (χ1) is 13.2. The van der Waals surface area contributed by atoms with Gasteiger partial charge < -0.3 is 0 Å². The van der Waals surface area contributed by atoms with Gasteiger partial charge in [0.1, 0.15) is 0 Å². The number of allylic oxidation sites excluding steroid dienone is 4. The minimum Gasteiger partial charge on any atom is -0.241 e. The summed E-state index contributed by atoms with van der Waals surface area (Å²) in [6.45, 7) is 6.01. The van der Waals surface area contributed by atoms with Gasteiger partial charge in [0.2, 0.25) is 0 Å². The number of nitrogens with zero attached hydrogens (tertiary/aromatic N) is 2. The van der Waals surface area contributed by atoms with Gasteiger partial charge in [0, 0.05) is 29.4 Å². The van der Waals surface area contributed by atoms with Crippen molar-refractivity contribution >= 4 is 29.5 Å². The summed E-state index contributed by atoms with van der Waals surface area (Å²) < 4.78 is 0. The molecule has 0 unspecified atom stereocenters. The molecule has 132 valence electrons. The van der Waals surface area contributed by atoms with Crippen LogP contribution < -0.4 is 0 Å². The van der Waals surface area contributed by atoms with Crippen LogP contribution in [-0.2, 0) is 6.42 Å². The van der Waals surface area contributed by atoms with E-state index in [1.807, 2.05) is 17.3 Å². The van der Waals surface area contributed by atoms with Gasteiger partial charge in [-0.1, -0.05) is 54.6 Å². The molecule has 2 nitrogen and oxygen atoms in total. The van der Waals surface area contributed by atoms with E-state index < -0.39 is 0 Å². The third-order valence-corrected chi connectivity index (χ3v) is 5.72. The molecule has 2 aliphatic heterocycles. The van der Waals surface area contributed by atoms with E-state index in [0.29, 0.717) is 0 Å². The molecule has 0 saturated heterocycles. The van der Waals surface area contributed by atoms with Gasteiger partial charge in [-0.25, -0.2) is 5.01 Å². The molecular formula is C24H19ClN2. The summed E-state index contributed by atoms with van der Waals surface area (Å²) in [5, 5.41) is 7.23. The van der Waals surface area contributed by atoms with Gasteiger partial charge in [-0.15, -0.1) is 0 Å². The molecule has 2 aromatic carbocycles. The number of rotatable bonds is 3. The van der Waals surface area contributed by atoms with Crippen LogP contribution >= 0.6 is 11.6 Å². The van der Waals surface area contributed by atoms with Crippen LogP contribution in [0.25, 0.3) is 22.8 Å². The average molecular weight is 371 g/mol. The minimum atomic E-state index is 0.738. The Balaban J connectivity index is 1.67. The smallest absolute Gasteiger partial charge is 0.0612 e. The normalized spacial score (nSPS) is 16.8.